The van der Waals surface area contributed by atoms with Gasteiger partial charge in [0.1, 0.15) is 6.54 Å². The molecule has 1 aromatic heterocycles. The Labute approximate surface area is 120 Å². The fraction of sp³-hybridized carbons (Fsp3) is 0.417. The fourth-order valence-corrected chi connectivity index (χ4v) is 2.27. The van der Waals surface area contributed by atoms with Gasteiger partial charge in [-0.15, -0.1) is 11.3 Å². The number of aliphatic carboxylic acids is 1. The normalized spacial score (nSPS) is 11.5. The first kappa shape index (κ1) is 16.0. The zero-order chi connectivity index (χ0) is 15.1. The average molecular weight is 299 g/mol. The summed E-state index contributed by atoms with van der Waals surface area (Å²) >= 11 is 1.25. The van der Waals surface area contributed by atoms with Crippen molar-refractivity contribution in [1.82, 2.24) is 15.5 Å². The highest BCUT2D eigenvalue weighted by atomic mass is 32.1. The van der Waals surface area contributed by atoms with Crippen molar-refractivity contribution in [2.75, 3.05) is 20.1 Å². The number of amides is 3. The Balaban J connectivity index is 2.75. The van der Waals surface area contributed by atoms with Gasteiger partial charge in [-0.2, -0.15) is 0 Å². The molecule has 0 aliphatic rings. The second-order valence-electron chi connectivity index (χ2n) is 3.92. The van der Waals surface area contributed by atoms with Gasteiger partial charge >= 0.3 is 12.0 Å². The maximum Gasteiger partial charge on any atom is 0.331 e. The molecule has 0 fully saturated rings. The van der Waals surface area contributed by atoms with E-state index in [0.29, 0.717) is 11.4 Å². The Morgan fingerprint density at radius 3 is 2.60 bits per heavy atom. The van der Waals surface area contributed by atoms with Crippen LogP contribution in [0.2, 0.25) is 0 Å². The minimum Gasteiger partial charge on any atom is -0.479 e. The van der Waals surface area contributed by atoms with Crippen LogP contribution >= 0.6 is 11.3 Å². The van der Waals surface area contributed by atoms with E-state index in [1.807, 2.05) is 0 Å². The number of hydrogen-bond donors (Lipinski definition) is 3. The van der Waals surface area contributed by atoms with Crippen molar-refractivity contribution in [2.45, 2.75) is 13.0 Å². The number of rotatable bonds is 6. The maximum atomic E-state index is 12.0. The number of thiophene rings is 1. The summed E-state index contributed by atoms with van der Waals surface area (Å²) in [4.78, 5) is 36.3. The number of nitrogens with zero attached hydrogens (tertiary/aromatic N) is 1. The summed E-state index contributed by atoms with van der Waals surface area (Å²) in [5.74, 6) is -1.46. The molecule has 0 spiro atoms. The zero-order valence-corrected chi connectivity index (χ0v) is 12.1. The molecule has 3 N–H and O–H groups in total. The molecule has 1 heterocycles. The van der Waals surface area contributed by atoms with Crippen LogP contribution in [0.4, 0.5) is 4.79 Å². The van der Waals surface area contributed by atoms with Crippen LogP contribution < -0.4 is 10.6 Å². The number of hydrogen-bond acceptors (Lipinski definition) is 4. The van der Waals surface area contributed by atoms with E-state index in [9.17, 15) is 19.5 Å². The van der Waals surface area contributed by atoms with E-state index in [1.54, 1.807) is 24.4 Å². The molecule has 1 aromatic rings. The molecule has 0 bridgehead atoms. The summed E-state index contributed by atoms with van der Waals surface area (Å²) in [5, 5.41) is 15.7. The summed E-state index contributed by atoms with van der Waals surface area (Å²) in [6.45, 7) is 1.90. The van der Waals surface area contributed by atoms with Crippen LogP contribution in [0.25, 0.3) is 0 Å². The van der Waals surface area contributed by atoms with E-state index < -0.39 is 18.0 Å². The van der Waals surface area contributed by atoms with Crippen molar-refractivity contribution >= 4 is 29.2 Å². The Hall–Kier alpha value is -2.09. The van der Waals surface area contributed by atoms with Crippen molar-refractivity contribution in [3.8, 4) is 0 Å². The molecule has 0 aliphatic heterocycles. The first-order chi connectivity index (χ1) is 9.49. The van der Waals surface area contributed by atoms with Crippen molar-refractivity contribution < 1.29 is 19.5 Å². The lowest BCUT2D eigenvalue weighted by Crippen LogP contribution is -2.47. The van der Waals surface area contributed by atoms with Crippen LogP contribution in [-0.2, 0) is 9.59 Å². The fourth-order valence-electron chi connectivity index (χ4n) is 1.50. The largest absolute Gasteiger partial charge is 0.479 e. The summed E-state index contributed by atoms with van der Waals surface area (Å²) < 4.78 is 0. The molecule has 0 saturated heterocycles. The van der Waals surface area contributed by atoms with Gasteiger partial charge in [0.05, 0.1) is 0 Å². The molecule has 3 amide bonds. The highest BCUT2D eigenvalue weighted by Gasteiger charge is 2.25. The average Bonchev–Trinajstić information content (AvgIpc) is 2.94. The van der Waals surface area contributed by atoms with Crippen LogP contribution in [0.1, 0.15) is 17.8 Å². The first-order valence-electron chi connectivity index (χ1n) is 6.01. The van der Waals surface area contributed by atoms with Gasteiger partial charge in [0, 0.05) is 18.5 Å². The van der Waals surface area contributed by atoms with Gasteiger partial charge in [0.25, 0.3) is 0 Å². The van der Waals surface area contributed by atoms with Crippen molar-refractivity contribution in [3.05, 3.63) is 22.4 Å². The van der Waals surface area contributed by atoms with E-state index in [-0.39, 0.29) is 12.5 Å². The predicted octanol–water partition coefficient (Wildman–Crippen LogP) is 0.651. The van der Waals surface area contributed by atoms with E-state index in [0.717, 1.165) is 0 Å². The lowest BCUT2D eigenvalue weighted by Gasteiger charge is -2.22. The van der Waals surface area contributed by atoms with Crippen molar-refractivity contribution in [3.63, 3.8) is 0 Å². The van der Waals surface area contributed by atoms with Crippen LogP contribution in [0.5, 0.6) is 0 Å². The van der Waals surface area contributed by atoms with Gasteiger partial charge in [-0.05, 0) is 18.4 Å². The summed E-state index contributed by atoms with van der Waals surface area (Å²) in [5.41, 5.74) is 0. The zero-order valence-electron chi connectivity index (χ0n) is 11.3. The summed E-state index contributed by atoms with van der Waals surface area (Å²) in [7, 11) is 1.47. The molecular formula is C12H17N3O4S. The number of likely N-dealkylation sites (N-methyl/N-ethyl adjacent to an activating group) is 2. The molecule has 20 heavy (non-hydrogen) atoms. The molecule has 8 heteroatoms. The van der Waals surface area contributed by atoms with Gasteiger partial charge in [-0.1, -0.05) is 6.07 Å². The maximum absolute atomic E-state index is 12.0. The van der Waals surface area contributed by atoms with E-state index in [2.05, 4.69) is 10.6 Å². The summed E-state index contributed by atoms with van der Waals surface area (Å²) in [6.07, 6.45) is 0. The van der Waals surface area contributed by atoms with Crippen LogP contribution in [-0.4, -0.2) is 48.1 Å². The highest BCUT2D eigenvalue weighted by Crippen LogP contribution is 2.19. The third kappa shape index (κ3) is 4.23. The van der Waals surface area contributed by atoms with Crippen LogP contribution in [0, 0.1) is 0 Å². The van der Waals surface area contributed by atoms with Gasteiger partial charge in [-0.25, -0.2) is 9.59 Å². The number of carboxylic acids is 1. The summed E-state index contributed by atoms with van der Waals surface area (Å²) in [6, 6.07) is 1.65. The molecule has 0 aliphatic carbocycles. The Bertz CT molecular complexity index is 475. The number of urea groups is 1. The third-order valence-electron chi connectivity index (χ3n) is 2.62. The number of carbonyl (C=O) groups is 3. The number of carboxylic acid groups (broad SMARTS) is 1. The van der Waals surface area contributed by atoms with Crippen molar-refractivity contribution in [1.29, 1.82) is 0 Å². The molecule has 1 rings (SSSR count). The molecule has 7 nitrogen and oxygen atoms in total. The Kier molecular flexibility index (Phi) is 5.98. The minimum absolute atomic E-state index is 0.115. The van der Waals surface area contributed by atoms with Gasteiger partial charge in [0.2, 0.25) is 5.91 Å². The molecule has 1 unspecified atom stereocenters. The minimum atomic E-state index is -1.14. The monoisotopic (exact) mass is 299 g/mol. The van der Waals surface area contributed by atoms with Gasteiger partial charge in [-0.3, -0.25) is 4.79 Å². The second-order valence-corrected chi connectivity index (χ2v) is 4.90. The molecule has 0 saturated carbocycles. The third-order valence-corrected chi connectivity index (χ3v) is 3.56. The molecule has 1 atom stereocenters. The van der Waals surface area contributed by atoms with Crippen LogP contribution in [0.15, 0.2) is 17.5 Å². The smallest absolute Gasteiger partial charge is 0.331 e. The lowest BCUT2D eigenvalue weighted by molar-refractivity contribution is -0.139. The highest BCUT2D eigenvalue weighted by molar-refractivity contribution is 7.10. The molecular weight excluding hydrogens is 282 g/mol. The topological polar surface area (TPSA) is 98.7 Å². The SMILES string of the molecule is CCN(CC(=O)NC)C(=O)NC(C(=O)O)c1cccs1. The standard InChI is InChI=1S/C12H17N3O4S/c1-3-15(7-9(16)13-2)12(19)14-10(11(17)18)8-5-4-6-20-8/h4-6,10H,3,7H2,1-2H3,(H,13,16)(H,14,19)(H,17,18). The van der Waals surface area contributed by atoms with Crippen molar-refractivity contribution in [2.24, 2.45) is 0 Å². The molecule has 0 aromatic carbocycles. The van der Waals surface area contributed by atoms with E-state index in [4.69, 9.17) is 0 Å². The first-order valence-corrected chi connectivity index (χ1v) is 6.89. The Morgan fingerprint density at radius 2 is 2.15 bits per heavy atom. The number of nitrogens with one attached hydrogen (secondary N) is 2. The van der Waals surface area contributed by atoms with Crippen LogP contribution in [0.3, 0.4) is 0 Å². The quantitative estimate of drug-likeness (QED) is 0.718. The van der Waals surface area contributed by atoms with Gasteiger partial charge in [0.15, 0.2) is 6.04 Å². The second kappa shape index (κ2) is 7.49. The van der Waals surface area contributed by atoms with E-state index >= 15 is 0 Å². The lowest BCUT2D eigenvalue weighted by atomic mass is 10.2. The number of carbonyl (C=O) groups excluding carboxylic acids is 2. The Morgan fingerprint density at radius 1 is 1.45 bits per heavy atom. The van der Waals surface area contributed by atoms with E-state index in [1.165, 1.54) is 23.3 Å². The van der Waals surface area contributed by atoms with Gasteiger partial charge < -0.3 is 20.6 Å². The molecule has 0 radical (unpaired) electrons. The predicted molar refractivity (Wildman–Crippen MR) is 74.5 cm³/mol. The molecule has 110 valence electrons.